The van der Waals surface area contributed by atoms with Crippen LogP contribution in [0.5, 0.6) is 0 Å². The molecule has 0 radical (unpaired) electrons. The quantitative estimate of drug-likeness (QED) is 0.432. The SMILES string of the molecule is CC1NC(=O)C(C(C)C)OC(=O)OCCOCC=Cc2ccc3ccc(nc3c2)C(C)NC(=O)C2CCCN(N2)C1=O. The second-order valence-corrected chi connectivity index (χ2v) is 10.8. The molecule has 12 nitrogen and oxygen atoms in total. The molecule has 42 heavy (non-hydrogen) atoms. The van der Waals surface area contributed by atoms with Crippen LogP contribution in [0.25, 0.3) is 17.0 Å². The summed E-state index contributed by atoms with van der Waals surface area (Å²) in [5, 5.41) is 7.95. The van der Waals surface area contributed by atoms with Crippen molar-refractivity contribution in [1.82, 2.24) is 26.1 Å². The summed E-state index contributed by atoms with van der Waals surface area (Å²) in [6.45, 7) is 7.60. The number of nitrogens with one attached hydrogen (secondary N) is 3. The summed E-state index contributed by atoms with van der Waals surface area (Å²) >= 11 is 0. The summed E-state index contributed by atoms with van der Waals surface area (Å²) < 4.78 is 15.8. The third-order valence-corrected chi connectivity index (χ3v) is 7.10. The van der Waals surface area contributed by atoms with E-state index in [0.717, 1.165) is 16.5 Å². The van der Waals surface area contributed by atoms with Crippen LogP contribution in [0.2, 0.25) is 0 Å². The average Bonchev–Trinajstić information content (AvgIpc) is 2.97. The Morgan fingerprint density at radius 2 is 1.74 bits per heavy atom. The second-order valence-electron chi connectivity index (χ2n) is 10.8. The Labute approximate surface area is 245 Å². The molecule has 12 heteroatoms. The Hall–Kier alpha value is -4.03. The predicted octanol–water partition coefficient (Wildman–Crippen LogP) is 2.63. The van der Waals surface area contributed by atoms with Crippen LogP contribution >= 0.6 is 0 Å². The maximum atomic E-state index is 13.2. The average molecular weight is 582 g/mol. The molecule has 4 atom stereocenters. The van der Waals surface area contributed by atoms with Crippen LogP contribution in [0.15, 0.2) is 36.4 Å². The number of hydrazine groups is 1. The molecule has 5 bridgehead atoms. The van der Waals surface area contributed by atoms with Gasteiger partial charge in [0.25, 0.3) is 11.8 Å². The molecule has 2 aliphatic rings. The zero-order chi connectivity index (χ0) is 30.2. The van der Waals surface area contributed by atoms with Crippen molar-refractivity contribution in [1.29, 1.82) is 0 Å². The number of rotatable bonds is 1. The van der Waals surface area contributed by atoms with Gasteiger partial charge in [-0.05, 0) is 50.3 Å². The maximum absolute atomic E-state index is 13.2. The van der Waals surface area contributed by atoms with E-state index in [1.54, 1.807) is 20.8 Å². The number of fused-ring (bicyclic) bond motifs is 4. The molecule has 2 aliphatic heterocycles. The van der Waals surface area contributed by atoms with Gasteiger partial charge in [0.15, 0.2) is 6.10 Å². The Balaban J connectivity index is 1.53. The normalized spacial score (nSPS) is 25.4. The summed E-state index contributed by atoms with van der Waals surface area (Å²) in [7, 11) is 0. The summed E-state index contributed by atoms with van der Waals surface area (Å²) in [6.07, 6.45) is 2.73. The minimum absolute atomic E-state index is 0.0522. The molecule has 3 amide bonds. The van der Waals surface area contributed by atoms with Gasteiger partial charge in [-0.25, -0.2) is 10.2 Å². The van der Waals surface area contributed by atoms with Gasteiger partial charge in [0.1, 0.15) is 18.7 Å². The fraction of sp³-hybridized carbons (Fsp3) is 0.500. The molecular weight excluding hydrogens is 542 g/mol. The fourth-order valence-corrected chi connectivity index (χ4v) is 4.76. The number of nitrogens with zero attached hydrogens (tertiary/aromatic N) is 2. The molecule has 226 valence electrons. The van der Waals surface area contributed by atoms with Gasteiger partial charge in [0.2, 0.25) is 5.91 Å². The molecule has 0 aliphatic carbocycles. The molecule has 0 spiro atoms. The maximum Gasteiger partial charge on any atom is 0.509 e. The minimum Gasteiger partial charge on any atom is -0.432 e. The van der Waals surface area contributed by atoms with Gasteiger partial charge in [-0.15, -0.1) is 0 Å². The number of hydrogen-bond acceptors (Lipinski definition) is 9. The third kappa shape index (κ3) is 8.04. The van der Waals surface area contributed by atoms with Crippen molar-refractivity contribution in [2.24, 2.45) is 5.92 Å². The number of cyclic esters (lactones) is 2. The van der Waals surface area contributed by atoms with Gasteiger partial charge in [-0.2, -0.15) is 0 Å². The summed E-state index contributed by atoms with van der Waals surface area (Å²) in [5.41, 5.74) is 5.44. The van der Waals surface area contributed by atoms with Crippen molar-refractivity contribution in [3.05, 3.63) is 47.7 Å². The van der Waals surface area contributed by atoms with E-state index in [-0.39, 0.29) is 31.1 Å². The fourth-order valence-electron chi connectivity index (χ4n) is 4.76. The minimum atomic E-state index is -1.16. The van der Waals surface area contributed by atoms with E-state index >= 15 is 0 Å². The Morgan fingerprint density at radius 3 is 2.52 bits per heavy atom. The van der Waals surface area contributed by atoms with Gasteiger partial charge in [-0.1, -0.05) is 44.2 Å². The topological polar surface area (TPSA) is 148 Å². The Morgan fingerprint density at radius 1 is 0.976 bits per heavy atom. The van der Waals surface area contributed by atoms with Crippen LogP contribution in [0, 0.1) is 5.92 Å². The number of hydrogen-bond donors (Lipinski definition) is 3. The number of carbonyl (C=O) groups excluding carboxylic acids is 4. The lowest BCUT2D eigenvalue weighted by Crippen LogP contribution is -2.61. The van der Waals surface area contributed by atoms with Crippen molar-refractivity contribution in [3.63, 3.8) is 0 Å². The van der Waals surface area contributed by atoms with Crippen LogP contribution in [-0.2, 0) is 28.6 Å². The second kappa shape index (κ2) is 14.2. The van der Waals surface area contributed by atoms with Gasteiger partial charge < -0.3 is 24.8 Å². The first-order valence-corrected chi connectivity index (χ1v) is 14.3. The monoisotopic (exact) mass is 581 g/mol. The number of aromatic nitrogens is 1. The summed E-state index contributed by atoms with van der Waals surface area (Å²) in [5.74, 6) is -1.67. The molecule has 4 rings (SSSR count). The first-order valence-electron chi connectivity index (χ1n) is 14.3. The van der Waals surface area contributed by atoms with Crippen LogP contribution in [0.3, 0.4) is 0 Å². The third-order valence-electron chi connectivity index (χ3n) is 7.10. The largest absolute Gasteiger partial charge is 0.509 e. The number of ether oxygens (including phenoxy) is 3. The highest BCUT2D eigenvalue weighted by molar-refractivity contribution is 5.90. The summed E-state index contributed by atoms with van der Waals surface area (Å²) in [6, 6.07) is 7.82. The first-order chi connectivity index (χ1) is 20.1. The number of benzene rings is 1. The standard InChI is InChI=1S/C30H39N5O7/c1-18(2)26-28(37)32-20(4)29(38)35-13-5-8-24(34-35)27(36)31-19(3)23-12-11-22-10-9-21(17-25(22)33-23)7-6-14-40-15-16-41-30(39)42-26/h6-7,9-12,17-20,24,26,34H,5,8,13-16H2,1-4H3,(H,31,36)(H,32,37). The van der Waals surface area contributed by atoms with Crippen molar-refractivity contribution >= 4 is 40.9 Å². The molecule has 1 aromatic heterocycles. The highest BCUT2D eigenvalue weighted by atomic mass is 16.7. The van der Waals surface area contributed by atoms with Crippen molar-refractivity contribution in [3.8, 4) is 0 Å². The Kier molecular flexibility index (Phi) is 10.5. The smallest absolute Gasteiger partial charge is 0.432 e. The lowest BCUT2D eigenvalue weighted by Gasteiger charge is -2.35. The molecule has 3 heterocycles. The molecular formula is C30H39N5O7. The van der Waals surface area contributed by atoms with Crippen LogP contribution < -0.4 is 16.1 Å². The predicted molar refractivity (Wildman–Crippen MR) is 155 cm³/mol. The number of pyridine rings is 1. The van der Waals surface area contributed by atoms with Crippen LogP contribution in [0.1, 0.15) is 57.8 Å². The van der Waals surface area contributed by atoms with E-state index in [2.05, 4.69) is 16.1 Å². The van der Waals surface area contributed by atoms with E-state index < -0.39 is 36.2 Å². The molecule has 1 saturated heterocycles. The van der Waals surface area contributed by atoms with Gasteiger partial charge >= 0.3 is 6.16 Å². The van der Waals surface area contributed by atoms with Crippen LogP contribution in [-0.4, -0.2) is 78.4 Å². The van der Waals surface area contributed by atoms with E-state index in [1.165, 1.54) is 5.01 Å². The van der Waals surface area contributed by atoms with E-state index in [1.807, 2.05) is 49.4 Å². The van der Waals surface area contributed by atoms with Gasteiger partial charge in [-0.3, -0.25) is 24.4 Å². The molecule has 1 aromatic carbocycles. The van der Waals surface area contributed by atoms with Crippen molar-refractivity contribution in [2.45, 2.75) is 64.8 Å². The zero-order valence-electron chi connectivity index (χ0n) is 24.4. The van der Waals surface area contributed by atoms with Crippen molar-refractivity contribution in [2.75, 3.05) is 26.4 Å². The molecule has 3 N–H and O–H groups in total. The van der Waals surface area contributed by atoms with Gasteiger partial charge in [0, 0.05) is 11.9 Å². The lowest BCUT2D eigenvalue weighted by atomic mass is 10.1. The highest BCUT2D eigenvalue weighted by Crippen LogP contribution is 2.20. The molecule has 2 aromatic rings. The zero-order valence-corrected chi connectivity index (χ0v) is 24.4. The van der Waals surface area contributed by atoms with E-state index in [9.17, 15) is 19.2 Å². The van der Waals surface area contributed by atoms with Crippen molar-refractivity contribution < 1.29 is 33.4 Å². The number of carbonyl (C=O) groups is 4. The molecule has 4 unspecified atom stereocenters. The van der Waals surface area contributed by atoms with Gasteiger partial charge in [0.05, 0.1) is 30.5 Å². The molecule has 1 fully saturated rings. The summed E-state index contributed by atoms with van der Waals surface area (Å²) in [4.78, 5) is 56.3. The lowest BCUT2D eigenvalue weighted by molar-refractivity contribution is -0.145. The van der Waals surface area contributed by atoms with Crippen LogP contribution in [0.4, 0.5) is 4.79 Å². The van der Waals surface area contributed by atoms with E-state index in [4.69, 9.17) is 19.2 Å². The Bertz CT molecular complexity index is 1330. The number of amides is 3. The molecule has 0 saturated carbocycles. The first kappa shape index (κ1) is 30.9. The highest BCUT2D eigenvalue weighted by Gasteiger charge is 2.34. The van der Waals surface area contributed by atoms with E-state index in [0.29, 0.717) is 31.7 Å².